The molecule has 2 atom stereocenters. The topological polar surface area (TPSA) is 102 Å². The molecule has 162 valence electrons. The van der Waals surface area contributed by atoms with Crippen molar-refractivity contribution in [3.63, 3.8) is 0 Å². The van der Waals surface area contributed by atoms with Crippen LogP contribution in [-0.4, -0.2) is 61.1 Å². The van der Waals surface area contributed by atoms with Crippen molar-refractivity contribution in [3.05, 3.63) is 47.4 Å². The van der Waals surface area contributed by atoms with Gasteiger partial charge in [0.05, 0.1) is 20.3 Å². The molecule has 2 aliphatic heterocycles. The number of carboxylic acid groups (broad SMARTS) is 1. The van der Waals surface area contributed by atoms with E-state index in [0.717, 1.165) is 38.2 Å². The highest BCUT2D eigenvalue weighted by atomic mass is 16.5. The summed E-state index contributed by atoms with van der Waals surface area (Å²) in [5.74, 6) is 0.825. The lowest BCUT2D eigenvalue weighted by atomic mass is 9.76. The summed E-state index contributed by atoms with van der Waals surface area (Å²) in [6.07, 6.45) is 0.990. The van der Waals surface area contributed by atoms with E-state index in [1.165, 1.54) is 6.07 Å². The first-order valence-electron chi connectivity index (χ1n) is 10.1. The Hall–Kier alpha value is -2.55. The third kappa shape index (κ3) is 4.16. The fourth-order valence-electron chi connectivity index (χ4n) is 4.46. The zero-order valence-electron chi connectivity index (χ0n) is 17.0. The zero-order chi connectivity index (χ0) is 21.1. The maximum absolute atomic E-state index is 10.9. The van der Waals surface area contributed by atoms with Gasteiger partial charge in [-0.25, -0.2) is 4.79 Å². The molecule has 30 heavy (non-hydrogen) atoms. The minimum absolute atomic E-state index is 0.107. The summed E-state index contributed by atoms with van der Waals surface area (Å²) in [6.45, 7) is 4.18. The monoisotopic (exact) mass is 417 g/mol. The Kier molecular flexibility index (Phi) is 5.99. The Bertz CT molecular complexity index is 895. The largest absolute Gasteiger partial charge is 0.493 e. The lowest BCUT2D eigenvalue weighted by molar-refractivity contribution is -0.0561. The number of ether oxygens (including phenoxy) is 3. The van der Waals surface area contributed by atoms with Gasteiger partial charge in [0.2, 0.25) is 5.76 Å². The number of hydrogen-bond acceptors (Lipinski definition) is 7. The van der Waals surface area contributed by atoms with Crippen molar-refractivity contribution in [1.29, 1.82) is 0 Å². The molecule has 0 unspecified atom stereocenters. The number of nitrogens with zero attached hydrogens (tertiary/aromatic N) is 1. The number of aromatic carboxylic acids is 1. The molecule has 2 fully saturated rings. The van der Waals surface area contributed by atoms with Crippen LogP contribution in [0.15, 0.2) is 34.7 Å². The number of methoxy groups -OCH3 is 1. The van der Waals surface area contributed by atoms with Crippen molar-refractivity contribution in [1.82, 2.24) is 4.90 Å². The molecule has 1 aromatic heterocycles. The summed E-state index contributed by atoms with van der Waals surface area (Å²) in [6, 6.07) is 8.78. The second-order valence-electron chi connectivity index (χ2n) is 8.07. The van der Waals surface area contributed by atoms with Gasteiger partial charge in [-0.2, -0.15) is 0 Å². The molecule has 2 aromatic rings. The van der Waals surface area contributed by atoms with E-state index in [1.54, 1.807) is 13.2 Å². The van der Waals surface area contributed by atoms with Gasteiger partial charge >= 0.3 is 5.97 Å². The average Bonchev–Trinajstić information content (AvgIpc) is 3.37. The lowest BCUT2D eigenvalue weighted by Crippen LogP contribution is -2.42. The van der Waals surface area contributed by atoms with Crippen LogP contribution in [0.5, 0.6) is 11.5 Å². The molecule has 8 heteroatoms. The van der Waals surface area contributed by atoms with Gasteiger partial charge in [0.1, 0.15) is 12.4 Å². The molecule has 1 aromatic carbocycles. The van der Waals surface area contributed by atoms with Crippen molar-refractivity contribution >= 4 is 5.97 Å². The van der Waals surface area contributed by atoms with E-state index in [1.807, 2.05) is 18.2 Å². The summed E-state index contributed by atoms with van der Waals surface area (Å²) in [5.41, 5.74) is 0.946. The molecule has 4 rings (SSSR count). The molecule has 0 amide bonds. The molecule has 0 saturated carbocycles. The van der Waals surface area contributed by atoms with Crippen molar-refractivity contribution in [2.45, 2.75) is 19.6 Å². The normalized spacial score (nSPS) is 23.9. The van der Waals surface area contributed by atoms with Crippen molar-refractivity contribution in [2.75, 3.05) is 40.0 Å². The van der Waals surface area contributed by atoms with Gasteiger partial charge in [0.25, 0.3) is 0 Å². The quantitative estimate of drug-likeness (QED) is 0.675. The van der Waals surface area contributed by atoms with E-state index >= 15 is 0 Å². The molecule has 2 N–H and O–H groups in total. The van der Waals surface area contributed by atoms with E-state index in [4.69, 9.17) is 23.7 Å². The average molecular weight is 417 g/mol. The van der Waals surface area contributed by atoms with E-state index in [2.05, 4.69) is 4.90 Å². The van der Waals surface area contributed by atoms with E-state index in [-0.39, 0.29) is 24.4 Å². The number of carboxylic acids is 1. The van der Waals surface area contributed by atoms with Gasteiger partial charge in [0, 0.05) is 31.7 Å². The molecular weight excluding hydrogens is 390 g/mol. The number of likely N-dealkylation sites (tertiary alicyclic amines) is 1. The Morgan fingerprint density at radius 2 is 2.17 bits per heavy atom. The highest BCUT2D eigenvalue weighted by Gasteiger charge is 2.47. The van der Waals surface area contributed by atoms with Gasteiger partial charge in [-0.3, -0.25) is 4.90 Å². The minimum Gasteiger partial charge on any atom is -0.493 e. The van der Waals surface area contributed by atoms with Gasteiger partial charge in [-0.05, 0) is 42.2 Å². The molecule has 0 radical (unpaired) electrons. The first kappa shape index (κ1) is 20.7. The Labute approximate surface area is 175 Å². The molecule has 0 bridgehead atoms. The summed E-state index contributed by atoms with van der Waals surface area (Å²) in [4.78, 5) is 13.3. The molecule has 2 aliphatic rings. The number of aliphatic hydroxyl groups is 1. The highest BCUT2D eigenvalue weighted by molar-refractivity contribution is 5.84. The van der Waals surface area contributed by atoms with Crippen LogP contribution in [0.2, 0.25) is 0 Å². The maximum Gasteiger partial charge on any atom is 0.371 e. The summed E-state index contributed by atoms with van der Waals surface area (Å²) in [5, 5.41) is 18.9. The first-order valence-corrected chi connectivity index (χ1v) is 10.1. The van der Waals surface area contributed by atoms with Crippen molar-refractivity contribution < 1.29 is 33.6 Å². The Balaban J connectivity index is 1.40. The van der Waals surface area contributed by atoms with Crippen molar-refractivity contribution in [2.24, 2.45) is 11.3 Å². The smallest absolute Gasteiger partial charge is 0.371 e. The first-order chi connectivity index (χ1) is 14.5. The van der Waals surface area contributed by atoms with Crippen LogP contribution >= 0.6 is 0 Å². The van der Waals surface area contributed by atoms with Crippen LogP contribution in [0.3, 0.4) is 0 Å². The number of benzene rings is 1. The fraction of sp³-hybridized carbons (Fsp3) is 0.500. The summed E-state index contributed by atoms with van der Waals surface area (Å²) >= 11 is 0. The lowest BCUT2D eigenvalue weighted by Gasteiger charge is -2.36. The van der Waals surface area contributed by atoms with E-state index < -0.39 is 5.97 Å². The summed E-state index contributed by atoms with van der Waals surface area (Å²) < 4.78 is 22.1. The SMILES string of the molecule is COc1cc(CN2C[C@@H]3CCOC[C@]3(CO)C2)ccc1OCc1ccc(C(=O)O)o1. The standard InChI is InChI=1S/C22H27NO7/c1-27-20-8-15(9-23-10-16-6-7-28-14-22(16,12-23)13-24)2-4-18(20)29-11-17-3-5-19(30-17)21(25)26/h2-5,8,16,24H,6-7,9-14H2,1H3,(H,25,26)/t16-,22+/m0/s1. The predicted octanol–water partition coefficient (Wildman–Crippen LogP) is 2.40. The Morgan fingerprint density at radius 1 is 1.30 bits per heavy atom. The molecule has 0 aliphatic carbocycles. The van der Waals surface area contributed by atoms with Crippen LogP contribution in [0.4, 0.5) is 0 Å². The van der Waals surface area contributed by atoms with Crippen LogP contribution in [0.25, 0.3) is 0 Å². The number of fused-ring (bicyclic) bond motifs is 1. The zero-order valence-corrected chi connectivity index (χ0v) is 17.0. The van der Waals surface area contributed by atoms with E-state index in [0.29, 0.717) is 29.8 Å². The minimum atomic E-state index is -1.11. The van der Waals surface area contributed by atoms with Crippen LogP contribution in [0.1, 0.15) is 28.3 Å². The second kappa shape index (κ2) is 8.67. The number of hydrogen-bond donors (Lipinski definition) is 2. The number of furan rings is 1. The number of carbonyl (C=O) groups is 1. The highest BCUT2D eigenvalue weighted by Crippen LogP contribution is 2.41. The van der Waals surface area contributed by atoms with Crippen molar-refractivity contribution in [3.8, 4) is 11.5 Å². The van der Waals surface area contributed by atoms with Gasteiger partial charge < -0.3 is 28.8 Å². The summed E-state index contributed by atoms with van der Waals surface area (Å²) in [7, 11) is 1.59. The van der Waals surface area contributed by atoms with Gasteiger partial charge in [0.15, 0.2) is 11.5 Å². The number of rotatable bonds is 8. The maximum atomic E-state index is 10.9. The van der Waals surface area contributed by atoms with Crippen LogP contribution < -0.4 is 9.47 Å². The second-order valence-corrected chi connectivity index (χ2v) is 8.07. The molecule has 8 nitrogen and oxygen atoms in total. The van der Waals surface area contributed by atoms with Gasteiger partial charge in [-0.15, -0.1) is 0 Å². The number of aliphatic hydroxyl groups excluding tert-OH is 1. The molecule has 3 heterocycles. The van der Waals surface area contributed by atoms with Crippen LogP contribution in [0, 0.1) is 11.3 Å². The molecule has 0 spiro atoms. The third-order valence-corrected chi connectivity index (χ3v) is 6.07. The van der Waals surface area contributed by atoms with Gasteiger partial charge in [-0.1, -0.05) is 6.07 Å². The third-order valence-electron chi connectivity index (χ3n) is 6.07. The van der Waals surface area contributed by atoms with Crippen LogP contribution in [-0.2, 0) is 17.9 Å². The predicted molar refractivity (Wildman–Crippen MR) is 107 cm³/mol. The fourth-order valence-corrected chi connectivity index (χ4v) is 4.46. The Morgan fingerprint density at radius 3 is 2.87 bits per heavy atom. The molecule has 2 saturated heterocycles. The molecular formula is C22H27NO7. The van der Waals surface area contributed by atoms with E-state index in [9.17, 15) is 9.90 Å².